The fourth-order valence-electron chi connectivity index (χ4n) is 2.14. The van der Waals surface area contributed by atoms with Gasteiger partial charge in [0.1, 0.15) is 5.41 Å². The summed E-state index contributed by atoms with van der Waals surface area (Å²) < 4.78 is 14.1. The SMILES string of the molecule is COC(=O)[C@@]1(Cl)C(=O)C(OC)=C(Cl)C[C@]1(C)C(=O)OC. The summed E-state index contributed by atoms with van der Waals surface area (Å²) in [5, 5.41) is -0.00872. The summed E-state index contributed by atoms with van der Waals surface area (Å²) in [6.45, 7) is 1.31. The van der Waals surface area contributed by atoms with Crippen LogP contribution in [0.5, 0.6) is 0 Å². The molecule has 1 rings (SSSR count). The summed E-state index contributed by atoms with van der Waals surface area (Å²) in [7, 11) is 3.39. The van der Waals surface area contributed by atoms with Crippen LogP contribution in [0.25, 0.3) is 0 Å². The average molecular weight is 325 g/mol. The van der Waals surface area contributed by atoms with E-state index in [1.807, 2.05) is 0 Å². The molecule has 112 valence electrons. The van der Waals surface area contributed by atoms with Crippen LogP contribution in [0.15, 0.2) is 10.8 Å². The smallest absolute Gasteiger partial charge is 0.336 e. The number of hydrogen-bond donors (Lipinski definition) is 0. The van der Waals surface area contributed by atoms with E-state index in [0.29, 0.717) is 0 Å². The third kappa shape index (κ3) is 2.07. The standard InChI is InChI=1S/C12H14Cl2O6/c1-11(9(16)19-3)5-6(13)7(18-2)8(15)12(11,14)10(17)20-4/h5H2,1-4H3/t11-,12+/m1/s1. The molecule has 2 atom stereocenters. The van der Waals surface area contributed by atoms with E-state index in [1.54, 1.807) is 0 Å². The van der Waals surface area contributed by atoms with Crippen molar-refractivity contribution in [3.63, 3.8) is 0 Å². The van der Waals surface area contributed by atoms with Gasteiger partial charge in [-0.3, -0.25) is 9.59 Å². The number of methoxy groups -OCH3 is 3. The number of allylic oxidation sites excluding steroid dienone is 2. The molecule has 0 fully saturated rings. The number of ether oxygens (including phenoxy) is 3. The minimum atomic E-state index is -2.29. The van der Waals surface area contributed by atoms with Crippen molar-refractivity contribution >= 4 is 40.9 Å². The van der Waals surface area contributed by atoms with Crippen molar-refractivity contribution in [2.24, 2.45) is 5.41 Å². The van der Waals surface area contributed by atoms with Crippen molar-refractivity contribution in [2.45, 2.75) is 18.2 Å². The maximum absolute atomic E-state index is 12.4. The molecular formula is C12H14Cl2O6. The number of carbonyl (C=O) groups is 3. The fourth-order valence-corrected chi connectivity index (χ4v) is 2.88. The Morgan fingerprint density at radius 1 is 1.15 bits per heavy atom. The third-order valence-corrected chi connectivity index (χ3v) is 4.39. The number of Topliss-reactive ketones (excluding diaryl/α,β-unsaturated/α-hetero) is 1. The van der Waals surface area contributed by atoms with Crippen molar-refractivity contribution < 1.29 is 28.6 Å². The lowest BCUT2D eigenvalue weighted by Crippen LogP contribution is -2.61. The molecule has 8 heteroatoms. The highest BCUT2D eigenvalue weighted by atomic mass is 35.5. The Hall–Kier alpha value is -1.27. The molecule has 0 heterocycles. The lowest BCUT2D eigenvalue weighted by atomic mass is 9.68. The Labute approximate surface area is 125 Å². The lowest BCUT2D eigenvalue weighted by Gasteiger charge is -2.41. The van der Waals surface area contributed by atoms with Crippen LogP contribution in [0.4, 0.5) is 0 Å². The van der Waals surface area contributed by atoms with Crippen molar-refractivity contribution in [3.05, 3.63) is 10.8 Å². The lowest BCUT2D eigenvalue weighted by molar-refractivity contribution is -0.166. The van der Waals surface area contributed by atoms with Crippen LogP contribution in [0, 0.1) is 5.41 Å². The minimum absolute atomic E-state index is 0.00872. The van der Waals surface area contributed by atoms with Gasteiger partial charge in [-0.15, -0.1) is 0 Å². The zero-order valence-corrected chi connectivity index (χ0v) is 12.9. The molecule has 0 saturated heterocycles. The van der Waals surface area contributed by atoms with Crippen molar-refractivity contribution in [1.29, 1.82) is 0 Å². The van der Waals surface area contributed by atoms with Crippen molar-refractivity contribution in [2.75, 3.05) is 21.3 Å². The van der Waals surface area contributed by atoms with E-state index in [9.17, 15) is 14.4 Å². The molecule has 0 aliphatic heterocycles. The molecular weight excluding hydrogens is 311 g/mol. The number of rotatable bonds is 3. The Bertz CT molecular complexity index is 500. The van der Waals surface area contributed by atoms with E-state index in [2.05, 4.69) is 9.47 Å². The number of esters is 2. The molecule has 0 bridgehead atoms. The normalized spacial score (nSPS) is 30.0. The fraction of sp³-hybridized carbons (Fsp3) is 0.583. The van der Waals surface area contributed by atoms with Gasteiger partial charge in [-0.25, -0.2) is 4.79 Å². The van der Waals surface area contributed by atoms with E-state index in [4.69, 9.17) is 27.9 Å². The molecule has 0 amide bonds. The highest BCUT2D eigenvalue weighted by molar-refractivity contribution is 6.51. The number of ketones is 1. The highest BCUT2D eigenvalue weighted by Crippen LogP contribution is 2.51. The maximum atomic E-state index is 12.4. The van der Waals surface area contributed by atoms with Gasteiger partial charge in [0.2, 0.25) is 10.7 Å². The molecule has 20 heavy (non-hydrogen) atoms. The second-order valence-electron chi connectivity index (χ2n) is 4.42. The molecule has 0 aromatic heterocycles. The monoisotopic (exact) mass is 324 g/mol. The summed E-state index contributed by atoms with van der Waals surface area (Å²) in [5.41, 5.74) is -1.70. The van der Waals surface area contributed by atoms with E-state index in [-0.39, 0.29) is 17.2 Å². The Kier molecular flexibility index (Phi) is 4.71. The van der Waals surface area contributed by atoms with Gasteiger partial charge in [-0.2, -0.15) is 0 Å². The summed E-state index contributed by atoms with van der Waals surface area (Å²) in [6.07, 6.45) is -0.186. The number of carbonyl (C=O) groups excluding carboxylic acids is 3. The largest absolute Gasteiger partial charge is 0.492 e. The summed E-state index contributed by atoms with van der Waals surface area (Å²) in [4.78, 5) is 34.1. The number of halogens is 2. The second kappa shape index (κ2) is 5.61. The number of alkyl halides is 1. The summed E-state index contributed by atoms with van der Waals surface area (Å²) >= 11 is 12.2. The molecule has 0 spiro atoms. The predicted octanol–water partition coefficient (Wildman–Crippen LogP) is 1.39. The highest BCUT2D eigenvalue weighted by Gasteiger charge is 2.67. The zero-order chi connectivity index (χ0) is 15.7. The molecule has 0 aromatic rings. The topological polar surface area (TPSA) is 78.9 Å². The molecule has 1 aliphatic rings. The number of hydrogen-bond acceptors (Lipinski definition) is 6. The van der Waals surface area contributed by atoms with Gasteiger partial charge in [0.05, 0.1) is 26.4 Å². The van der Waals surface area contributed by atoms with Gasteiger partial charge in [-0.1, -0.05) is 23.2 Å². The van der Waals surface area contributed by atoms with Gasteiger partial charge in [0, 0.05) is 6.42 Å². The van der Waals surface area contributed by atoms with Crippen LogP contribution in [0.2, 0.25) is 0 Å². The molecule has 0 N–H and O–H groups in total. The Morgan fingerprint density at radius 2 is 1.65 bits per heavy atom. The summed E-state index contributed by atoms with van der Waals surface area (Å²) in [5.74, 6) is -3.12. The van der Waals surface area contributed by atoms with Crippen LogP contribution in [-0.4, -0.2) is 43.9 Å². The van der Waals surface area contributed by atoms with E-state index >= 15 is 0 Å². The first-order valence-corrected chi connectivity index (χ1v) is 6.29. The van der Waals surface area contributed by atoms with Gasteiger partial charge in [0.25, 0.3) is 0 Å². The zero-order valence-electron chi connectivity index (χ0n) is 11.4. The van der Waals surface area contributed by atoms with Gasteiger partial charge >= 0.3 is 11.9 Å². The van der Waals surface area contributed by atoms with E-state index in [1.165, 1.54) is 14.0 Å². The average Bonchev–Trinajstić information content (AvgIpc) is 2.43. The first-order valence-electron chi connectivity index (χ1n) is 5.53. The Morgan fingerprint density at radius 3 is 2.05 bits per heavy atom. The first-order chi connectivity index (χ1) is 9.20. The van der Waals surface area contributed by atoms with Crippen molar-refractivity contribution in [1.82, 2.24) is 0 Å². The van der Waals surface area contributed by atoms with Crippen molar-refractivity contribution in [3.8, 4) is 0 Å². The van der Waals surface area contributed by atoms with E-state index in [0.717, 1.165) is 14.2 Å². The van der Waals surface area contributed by atoms with E-state index < -0.39 is 28.0 Å². The van der Waals surface area contributed by atoms with Crippen LogP contribution in [0.3, 0.4) is 0 Å². The van der Waals surface area contributed by atoms with Crippen LogP contribution in [-0.2, 0) is 28.6 Å². The predicted molar refractivity (Wildman–Crippen MR) is 70.2 cm³/mol. The van der Waals surface area contributed by atoms with Gasteiger partial charge in [-0.05, 0) is 6.92 Å². The quantitative estimate of drug-likeness (QED) is 0.443. The molecule has 6 nitrogen and oxygen atoms in total. The Balaban J connectivity index is 3.59. The van der Waals surface area contributed by atoms with Crippen LogP contribution >= 0.6 is 23.2 Å². The molecule has 1 aliphatic carbocycles. The third-order valence-electron chi connectivity index (χ3n) is 3.34. The molecule has 0 unspecified atom stereocenters. The van der Waals surface area contributed by atoms with Crippen LogP contribution in [0.1, 0.15) is 13.3 Å². The minimum Gasteiger partial charge on any atom is -0.492 e. The van der Waals surface area contributed by atoms with Crippen LogP contribution < -0.4 is 0 Å². The maximum Gasteiger partial charge on any atom is 0.336 e. The molecule has 0 saturated carbocycles. The molecule has 0 radical (unpaired) electrons. The second-order valence-corrected chi connectivity index (χ2v) is 5.44. The first kappa shape index (κ1) is 16.8. The van der Waals surface area contributed by atoms with Gasteiger partial charge < -0.3 is 14.2 Å². The van der Waals surface area contributed by atoms with Gasteiger partial charge in [0.15, 0.2) is 5.76 Å². The summed E-state index contributed by atoms with van der Waals surface area (Å²) in [6, 6.07) is 0. The molecule has 0 aromatic carbocycles.